The molecule has 57 heavy (non-hydrogen) atoms. The number of methoxy groups -OCH3 is 1. The lowest BCUT2D eigenvalue weighted by Crippen LogP contribution is -2.53. The van der Waals surface area contributed by atoms with Gasteiger partial charge in [0.15, 0.2) is 0 Å². The van der Waals surface area contributed by atoms with Crippen molar-refractivity contribution >= 4 is 24.0 Å². The number of aromatic amines is 2. The molecule has 3 aliphatic rings. The predicted octanol–water partition coefficient (Wildman–Crippen LogP) is 6.25. The second kappa shape index (κ2) is 17.2. The molecule has 4 amide bonds. The Morgan fingerprint density at radius 1 is 0.789 bits per heavy atom. The number of amides is 4. The lowest BCUT2D eigenvalue weighted by Gasteiger charge is -2.34. The van der Waals surface area contributed by atoms with Crippen LogP contribution in [0.1, 0.15) is 76.1 Å². The minimum atomic E-state index is -1.13. The first kappa shape index (κ1) is 39.5. The fraction of sp³-hybridized carbons (Fsp3) is 0.476. The van der Waals surface area contributed by atoms with E-state index in [-0.39, 0.29) is 35.7 Å². The lowest BCUT2D eigenvalue weighted by atomic mass is 9.90. The highest BCUT2D eigenvalue weighted by molar-refractivity contribution is 5.87. The van der Waals surface area contributed by atoms with Crippen LogP contribution in [0.5, 0.6) is 0 Å². The molecule has 15 heteroatoms. The molecule has 2 aromatic heterocycles. The number of aromatic nitrogens is 4. The van der Waals surface area contributed by atoms with Gasteiger partial charge in [-0.25, -0.2) is 19.6 Å². The van der Waals surface area contributed by atoms with Crippen LogP contribution in [-0.2, 0) is 19.1 Å². The largest absolute Gasteiger partial charge is 0.465 e. The number of H-pyrrole nitrogens is 2. The molecule has 302 valence electrons. The maximum atomic E-state index is 13.9. The fourth-order valence-corrected chi connectivity index (χ4v) is 8.60. The molecule has 7 rings (SSSR count). The third-order valence-electron chi connectivity index (χ3n) is 11.7. The molecule has 0 saturated carbocycles. The summed E-state index contributed by atoms with van der Waals surface area (Å²) < 4.78 is 10.4. The molecule has 0 spiro atoms. The zero-order valence-corrected chi connectivity index (χ0v) is 32.9. The smallest absolute Gasteiger partial charge is 0.407 e. The Hall–Kier alpha value is -5.70. The summed E-state index contributed by atoms with van der Waals surface area (Å²) in [6, 6.07) is 14.5. The topological polar surface area (TPSA) is 186 Å². The maximum Gasteiger partial charge on any atom is 0.407 e. The molecule has 4 atom stereocenters. The van der Waals surface area contributed by atoms with E-state index >= 15 is 0 Å². The van der Waals surface area contributed by atoms with Crippen LogP contribution >= 0.6 is 0 Å². The maximum absolute atomic E-state index is 13.9. The van der Waals surface area contributed by atoms with Gasteiger partial charge in [-0.15, -0.1) is 0 Å². The number of nitrogens with one attached hydrogen (secondary N) is 3. The van der Waals surface area contributed by atoms with Crippen LogP contribution in [-0.4, -0.2) is 116 Å². The van der Waals surface area contributed by atoms with Crippen LogP contribution < -0.4 is 5.32 Å². The number of hydrogen-bond donors (Lipinski definition) is 4. The molecule has 0 aliphatic carbocycles. The molecule has 0 radical (unpaired) electrons. The van der Waals surface area contributed by atoms with E-state index in [0.717, 1.165) is 70.0 Å². The average molecular weight is 781 g/mol. The predicted molar refractivity (Wildman–Crippen MR) is 212 cm³/mol. The van der Waals surface area contributed by atoms with Crippen molar-refractivity contribution in [3.63, 3.8) is 0 Å². The van der Waals surface area contributed by atoms with Crippen molar-refractivity contribution < 1.29 is 33.8 Å². The van der Waals surface area contributed by atoms with E-state index in [4.69, 9.17) is 14.5 Å². The average Bonchev–Trinajstić information content (AvgIpc) is 4.07. The van der Waals surface area contributed by atoms with Crippen molar-refractivity contribution in [2.24, 2.45) is 11.8 Å². The first-order chi connectivity index (χ1) is 27.5. The Morgan fingerprint density at radius 2 is 1.26 bits per heavy atom. The Morgan fingerprint density at radius 3 is 1.72 bits per heavy atom. The zero-order valence-electron chi connectivity index (χ0n) is 32.9. The number of ether oxygens (including phenoxy) is 2. The summed E-state index contributed by atoms with van der Waals surface area (Å²) in [6.45, 7) is 5.98. The number of hydrogen-bond acceptors (Lipinski definition) is 8. The van der Waals surface area contributed by atoms with Gasteiger partial charge in [-0.3, -0.25) is 14.5 Å². The highest BCUT2D eigenvalue weighted by atomic mass is 16.5. The molecule has 4 aromatic rings. The normalized spacial score (nSPS) is 19.7. The van der Waals surface area contributed by atoms with E-state index in [1.807, 2.05) is 43.0 Å². The number of likely N-dealkylation sites (N-methyl/N-ethyl adjacent to an activating group) is 1. The molecule has 4 N–H and O–H groups in total. The van der Waals surface area contributed by atoms with E-state index in [2.05, 4.69) is 44.5 Å². The van der Waals surface area contributed by atoms with Gasteiger partial charge in [0, 0.05) is 33.4 Å². The molecule has 3 fully saturated rings. The number of likely N-dealkylation sites (tertiary alicyclic amines) is 2. The Labute approximate surface area is 332 Å². The van der Waals surface area contributed by atoms with E-state index in [1.165, 1.54) is 14.2 Å². The van der Waals surface area contributed by atoms with Crippen molar-refractivity contribution in [1.29, 1.82) is 0 Å². The Kier molecular flexibility index (Phi) is 11.9. The molecular formula is C42H52N8O7. The summed E-state index contributed by atoms with van der Waals surface area (Å²) in [7, 11) is 2.75. The van der Waals surface area contributed by atoms with E-state index in [9.17, 15) is 24.3 Å². The van der Waals surface area contributed by atoms with Crippen molar-refractivity contribution in [3.8, 4) is 33.6 Å². The number of rotatable bonds is 11. The van der Waals surface area contributed by atoms with E-state index in [1.54, 1.807) is 17.3 Å². The van der Waals surface area contributed by atoms with Gasteiger partial charge in [-0.2, -0.15) is 0 Å². The number of alkyl carbamates (subject to hydrolysis) is 1. The van der Waals surface area contributed by atoms with Crippen molar-refractivity contribution in [1.82, 2.24) is 40.0 Å². The lowest BCUT2D eigenvalue weighted by molar-refractivity contribution is -0.138. The molecule has 3 saturated heterocycles. The number of imidazole rings is 2. The molecule has 3 aliphatic heterocycles. The zero-order chi connectivity index (χ0) is 40.2. The second-order valence-electron chi connectivity index (χ2n) is 15.5. The van der Waals surface area contributed by atoms with Gasteiger partial charge >= 0.3 is 12.2 Å². The number of carbonyl (C=O) groups excluding carboxylic acids is 3. The fourth-order valence-electron chi connectivity index (χ4n) is 8.60. The SMILES string of the molecule is COC(=O)N[C@@H](C(=O)N1CCC[C@H]1c1ncc(-c2ccc(-c3ccc(-c4cnc([C@@H]5CCCN5C(=O)[C@H](C(C)C)N(C)C(=O)O)[nH]4)cc3)cc2)[nH]1)C1CCOCC1. The summed E-state index contributed by atoms with van der Waals surface area (Å²) in [5, 5.41) is 12.4. The summed E-state index contributed by atoms with van der Waals surface area (Å²) in [5.41, 5.74) is 5.71. The number of carbonyl (C=O) groups is 4. The third kappa shape index (κ3) is 8.38. The molecule has 5 heterocycles. The summed E-state index contributed by atoms with van der Waals surface area (Å²) in [6.07, 6.45) is 6.41. The van der Waals surface area contributed by atoms with Gasteiger partial charge in [0.05, 0.1) is 43.0 Å². The van der Waals surface area contributed by atoms with Crippen LogP contribution in [0.4, 0.5) is 9.59 Å². The van der Waals surface area contributed by atoms with Crippen molar-refractivity contribution in [2.45, 2.75) is 76.5 Å². The standard InChI is InChI=1S/C42H52N8O7/c1-25(2)36(48(3)42(54)55)40(52)50-20-6-8-34(50)38-44-24-32(46-38)29-15-11-27(12-16-29)26-9-13-28(14-10-26)31-23-43-37(45-31)33-7-5-19-49(33)39(51)35(47-41(53)56-4)30-17-21-57-22-18-30/h9-16,23-25,30,33-36H,5-8,17-22H2,1-4H3,(H,43,45)(H,44,46)(H,47,53)(H,54,55)/t33-,34-,35+,36-/m0/s1. The third-order valence-corrected chi connectivity index (χ3v) is 11.7. The van der Waals surface area contributed by atoms with Crippen molar-refractivity contribution in [3.05, 3.63) is 72.6 Å². The Balaban J connectivity index is 1.00. The highest BCUT2D eigenvalue weighted by Crippen LogP contribution is 2.36. The highest BCUT2D eigenvalue weighted by Gasteiger charge is 2.41. The number of carboxylic acid groups (broad SMARTS) is 1. The van der Waals surface area contributed by atoms with Crippen LogP contribution in [0, 0.1) is 11.8 Å². The number of nitrogens with zero attached hydrogens (tertiary/aromatic N) is 5. The Bertz CT molecular complexity index is 2040. The van der Waals surface area contributed by atoms with Gasteiger partial charge in [0.25, 0.3) is 0 Å². The first-order valence-electron chi connectivity index (χ1n) is 19.8. The molecule has 2 aromatic carbocycles. The quantitative estimate of drug-likeness (QED) is 0.137. The van der Waals surface area contributed by atoms with Crippen molar-refractivity contribution in [2.75, 3.05) is 40.5 Å². The molecular weight excluding hydrogens is 729 g/mol. The van der Waals surface area contributed by atoms with Gasteiger partial charge in [0.1, 0.15) is 23.7 Å². The van der Waals surface area contributed by atoms with Gasteiger partial charge in [-0.05, 0) is 72.6 Å². The summed E-state index contributed by atoms with van der Waals surface area (Å²) in [4.78, 5) is 72.5. The van der Waals surface area contributed by atoms with Crippen LogP contribution in [0.3, 0.4) is 0 Å². The van der Waals surface area contributed by atoms with Crippen LogP contribution in [0.2, 0.25) is 0 Å². The van der Waals surface area contributed by atoms with Crippen LogP contribution in [0.25, 0.3) is 33.6 Å². The summed E-state index contributed by atoms with van der Waals surface area (Å²) in [5.74, 6) is 0.896. The monoisotopic (exact) mass is 780 g/mol. The van der Waals surface area contributed by atoms with Gasteiger partial charge in [0.2, 0.25) is 11.8 Å². The van der Waals surface area contributed by atoms with Gasteiger partial charge in [-0.1, -0.05) is 62.4 Å². The summed E-state index contributed by atoms with van der Waals surface area (Å²) >= 11 is 0. The first-order valence-corrected chi connectivity index (χ1v) is 19.8. The van der Waals surface area contributed by atoms with E-state index < -0.39 is 24.3 Å². The molecule has 0 unspecified atom stereocenters. The second-order valence-corrected chi connectivity index (χ2v) is 15.5. The minimum Gasteiger partial charge on any atom is -0.465 e. The van der Waals surface area contributed by atoms with Crippen LogP contribution in [0.15, 0.2) is 60.9 Å². The van der Waals surface area contributed by atoms with E-state index in [0.29, 0.717) is 45.0 Å². The minimum absolute atomic E-state index is 0.0296. The van der Waals surface area contributed by atoms with Gasteiger partial charge < -0.3 is 39.7 Å². The molecule has 15 nitrogen and oxygen atoms in total. The molecule has 0 bridgehead atoms. The number of benzene rings is 2.